The first-order chi connectivity index (χ1) is 13.1. The van der Waals surface area contributed by atoms with Crippen LogP contribution in [0, 0.1) is 13.8 Å². The molecule has 2 aromatic carbocycles. The van der Waals surface area contributed by atoms with Gasteiger partial charge >= 0.3 is 0 Å². The molecular weight excluding hydrogens is 336 g/mol. The summed E-state index contributed by atoms with van der Waals surface area (Å²) in [6, 6.07) is 18.9. The number of nitrogens with one attached hydrogen (secondary N) is 1. The molecule has 0 bridgehead atoms. The van der Waals surface area contributed by atoms with E-state index in [4.69, 9.17) is 0 Å². The minimum absolute atomic E-state index is 0.00237. The van der Waals surface area contributed by atoms with Crippen LogP contribution in [0.25, 0.3) is 0 Å². The van der Waals surface area contributed by atoms with Crippen LogP contribution in [0.4, 0.5) is 5.69 Å². The van der Waals surface area contributed by atoms with Crippen LogP contribution in [0.1, 0.15) is 45.2 Å². The molecule has 4 rings (SSSR count). The molecular formula is C23H22N2O2. The Morgan fingerprint density at radius 3 is 2.52 bits per heavy atom. The molecule has 1 aliphatic rings. The first kappa shape index (κ1) is 17.3. The third-order valence-corrected chi connectivity index (χ3v) is 5.46. The molecule has 1 aromatic heterocycles. The highest BCUT2D eigenvalue weighted by Gasteiger charge is 2.32. The number of nitrogens with zero attached hydrogens (tertiary/aromatic N) is 1. The number of ketones is 1. The maximum atomic E-state index is 12.9. The van der Waals surface area contributed by atoms with Gasteiger partial charge in [-0.25, -0.2) is 0 Å². The van der Waals surface area contributed by atoms with Gasteiger partial charge in [-0.05, 0) is 49.6 Å². The SMILES string of the molecule is Cc1cccc(NC(=O)C2CCn3c(C(=O)c4ccccc4)ccc32)c1C. The molecule has 4 nitrogen and oxygen atoms in total. The zero-order chi connectivity index (χ0) is 19.0. The first-order valence-electron chi connectivity index (χ1n) is 9.22. The van der Waals surface area contributed by atoms with E-state index in [1.807, 2.05) is 79.1 Å². The molecule has 0 saturated heterocycles. The second kappa shape index (κ2) is 6.88. The molecule has 0 aliphatic carbocycles. The topological polar surface area (TPSA) is 51.1 Å². The van der Waals surface area contributed by atoms with Gasteiger partial charge in [0.2, 0.25) is 11.7 Å². The molecule has 27 heavy (non-hydrogen) atoms. The summed E-state index contributed by atoms with van der Waals surface area (Å²) in [6.07, 6.45) is 0.710. The van der Waals surface area contributed by atoms with Crippen molar-refractivity contribution in [3.63, 3.8) is 0 Å². The van der Waals surface area contributed by atoms with Crippen LogP contribution in [0.5, 0.6) is 0 Å². The Morgan fingerprint density at radius 1 is 0.963 bits per heavy atom. The maximum absolute atomic E-state index is 12.9. The summed E-state index contributed by atoms with van der Waals surface area (Å²) in [5.74, 6) is -0.251. The van der Waals surface area contributed by atoms with E-state index >= 15 is 0 Å². The van der Waals surface area contributed by atoms with Crippen molar-refractivity contribution in [2.75, 3.05) is 5.32 Å². The lowest BCUT2D eigenvalue weighted by Crippen LogP contribution is -2.20. The van der Waals surface area contributed by atoms with Gasteiger partial charge in [0.1, 0.15) is 0 Å². The number of amides is 1. The van der Waals surface area contributed by atoms with Crippen LogP contribution in [-0.2, 0) is 11.3 Å². The van der Waals surface area contributed by atoms with Crippen molar-refractivity contribution in [1.82, 2.24) is 4.57 Å². The molecule has 136 valence electrons. The van der Waals surface area contributed by atoms with Gasteiger partial charge in [0.05, 0.1) is 11.6 Å². The Labute approximate surface area is 158 Å². The van der Waals surface area contributed by atoms with Gasteiger partial charge in [-0.1, -0.05) is 42.5 Å². The number of aryl methyl sites for hydroxylation is 1. The number of aromatic nitrogens is 1. The van der Waals surface area contributed by atoms with E-state index in [0.717, 1.165) is 22.5 Å². The molecule has 1 N–H and O–H groups in total. The normalized spacial score (nSPS) is 15.4. The summed E-state index contributed by atoms with van der Waals surface area (Å²) < 4.78 is 1.99. The van der Waals surface area contributed by atoms with Crippen molar-refractivity contribution in [3.8, 4) is 0 Å². The van der Waals surface area contributed by atoms with Crippen molar-refractivity contribution in [3.05, 3.63) is 88.7 Å². The Balaban J connectivity index is 1.58. The zero-order valence-corrected chi connectivity index (χ0v) is 15.5. The molecule has 0 saturated carbocycles. The van der Waals surface area contributed by atoms with Gasteiger partial charge in [0, 0.05) is 23.5 Å². The highest BCUT2D eigenvalue weighted by molar-refractivity contribution is 6.08. The van der Waals surface area contributed by atoms with Gasteiger partial charge < -0.3 is 9.88 Å². The zero-order valence-electron chi connectivity index (χ0n) is 15.5. The van der Waals surface area contributed by atoms with E-state index in [2.05, 4.69) is 5.32 Å². The van der Waals surface area contributed by atoms with Crippen LogP contribution in [0.15, 0.2) is 60.7 Å². The summed E-state index contributed by atoms with van der Waals surface area (Å²) >= 11 is 0. The minimum atomic E-state index is -0.234. The smallest absolute Gasteiger partial charge is 0.233 e. The van der Waals surface area contributed by atoms with Gasteiger partial charge in [-0.2, -0.15) is 0 Å². The van der Waals surface area contributed by atoms with Gasteiger partial charge in [0.25, 0.3) is 0 Å². The van der Waals surface area contributed by atoms with Crippen molar-refractivity contribution in [2.45, 2.75) is 32.7 Å². The number of carbonyl (C=O) groups excluding carboxylic acids is 2. The van der Waals surface area contributed by atoms with E-state index in [1.165, 1.54) is 0 Å². The van der Waals surface area contributed by atoms with Crippen molar-refractivity contribution < 1.29 is 9.59 Å². The second-order valence-corrected chi connectivity index (χ2v) is 7.07. The molecule has 3 aromatic rings. The molecule has 0 spiro atoms. The number of fused-ring (bicyclic) bond motifs is 1. The number of rotatable bonds is 4. The first-order valence-corrected chi connectivity index (χ1v) is 9.22. The molecule has 1 aliphatic heterocycles. The fourth-order valence-corrected chi connectivity index (χ4v) is 3.75. The number of hydrogen-bond donors (Lipinski definition) is 1. The lowest BCUT2D eigenvalue weighted by molar-refractivity contribution is -0.117. The fourth-order valence-electron chi connectivity index (χ4n) is 3.75. The minimum Gasteiger partial charge on any atom is -0.341 e. The summed E-state index contributed by atoms with van der Waals surface area (Å²) in [4.78, 5) is 25.7. The highest BCUT2D eigenvalue weighted by Crippen LogP contribution is 2.33. The Morgan fingerprint density at radius 2 is 1.74 bits per heavy atom. The van der Waals surface area contributed by atoms with E-state index in [0.29, 0.717) is 24.2 Å². The average Bonchev–Trinajstić information content (AvgIpc) is 3.27. The molecule has 0 radical (unpaired) electrons. The molecule has 4 heteroatoms. The van der Waals surface area contributed by atoms with E-state index in [1.54, 1.807) is 0 Å². The van der Waals surface area contributed by atoms with Crippen LogP contribution in [0.3, 0.4) is 0 Å². The molecule has 1 atom stereocenters. The predicted octanol–water partition coefficient (Wildman–Crippen LogP) is 4.46. The summed E-state index contributed by atoms with van der Waals surface area (Å²) in [5.41, 5.74) is 5.32. The lowest BCUT2D eigenvalue weighted by Gasteiger charge is -2.14. The van der Waals surface area contributed by atoms with Gasteiger partial charge in [-0.3, -0.25) is 9.59 Å². The molecule has 1 amide bonds. The lowest BCUT2D eigenvalue weighted by atomic mass is 10.0. The standard InChI is InChI=1S/C23H22N2O2/c1-15-7-6-10-19(16(15)2)24-23(27)18-13-14-25-20(18)11-12-21(25)22(26)17-8-4-3-5-9-17/h3-12,18H,13-14H2,1-2H3,(H,24,27). The Bertz CT molecular complexity index is 1020. The summed E-state index contributed by atoms with van der Waals surface area (Å²) in [6.45, 7) is 4.73. The predicted molar refractivity (Wildman–Crippen MR) is 106 cm³/mol. The van der Waals surface area contributed by atoms with Crippen LogP contribution < -0.4 is 5.32 Å². The number of anilines is 1. The number of hydrogen-bond acceptors (Lipinski definition) is 2. The second-order valence-electron chi connectivity index (χ2n) is 7.07. The third kappa shape index (κ3) is 3.08. The number of carbonyl (C=O) groups is 2. The van der Waals surface area contributed by atoms with E-state index in [-0.39, 0.29) is 17.6 Å². The van der Waals surface area contributed by atoms with Crippen molar-refractivity contribution in [2.24, 2.45) is 0 Å². The molecule has 1 unspecified atom stereocenters. The largest absolute Gasteiger partial charge is 0.341 e. The Hall–Kier alpha value is -3.14. The highest BCUT2D eigenvalue weighted by atomic mass is 16.2. The fraction of sp³-hybridized carbons (Fsp3) is 0.217. The monoisotopic (exact) mass is 358 g/mol. The summed E-state index contributed by atoms with van der Waals surface area (Å²) in [5, 5.41) is 3.07. The third-order valence-electron chi connectivity index (χ3n) is 5.46. The van der Waals surface area contributed by atoms with E-state index < -0.39 is 0 Å². The molecule has 2 heterocycles. The quantitative estimate of drug-likeness (QED) is 0.700. The van der Waals surface area contributed by atoms with Crippen molar-refractivity contribution >= 4 is 17.4 Å². The van der Waals surface area contributed by atoms with Crippen LogP contribution in [0.2, 0.25) is 0 Å². The van der Waals surface area contributed by atoms with Crippen LogP contribution in [-0.4, -0.2) is 16.3 Å². The summed E-state index contributed by atoms with van der Waals surface area (Å²) in [7, 11) is 0. The molecule has 0 fully saturated rings. The van der Waals surface area contributed by atoms with Crippen molar-refractivity contribution in [1.29, 1.82) is 0 Å². The van der Waals surface area contributed by atoms with Crippen LogP contribution >= 0.6 is 0 Å². The van der Waals surface area contributed by atoms with E-state index in [9.17, 15) is 9.59 Å². The number of benzene rings is 2. The maximum Gasteiger partial charge on any atom is 0.233 e. The van der Waals surface area contributed by atoms with Gasteiger partial charge in [0.15, 0.2) is 0 Å². The Kier molecular flexibility index (Phi) is 4.40. The van der Waals surface area contributed by atoms with Gasteiger partial charge in [-0.15, -0.1) is 0 Å². The average molecular weight is 358 g/mol.